The van der Waals surface area contributed by atoms with Crippen molar-refractivity contribution in [3.63, 3.8) is 0 Å². The number of pyridine rings is 1. The van der Waals surface area contributed by atoms with Crippen LogP contribution in [0.15, 0.2) is 9.70 Å². The van der Waals surface area contributed by atoms with Crippen LogP contribution in [0.25, 0.3) is 6.08 Å². The maximum absolute atomic E-state index is 13.1. The van der Waals surface area contributed by atoms with Gasteiger partial charge in [0.2, 0.25) is 0 Å². The number of piperidine rings is 1. The zero-order chi connectivity index (χ0) is 22.7. The summed E-state index contributed by atoms with van der Waals surface area (Å²) in [6.45, 7) is 8.45. The van der Waals surface area contributed by atoms with Gasteiger partial charge in [-0.1, -0.05) is 50.7 Å². The minimum Gasteiger partial charge on any atom is -0.357 e. The van der Waals surface area contributed by atoms with Gasteiger partial charge in [-0.05, 0) is 43.7 Å². The van der Waals surface area contributed by atoms with Crippen LogP contribution >= 0.6 is 24.0 Å². The van der Waals surface area contributed by atoms with E-state index in [1.807, 2.05) is 6.08 Å². The summed E-state index contributed by atoms with van der Waals surface area (Å²) in [5.74, 6) is 1.21. The molecule has 1 amide bonds. The van der Waals surface area contributed by atoms with Gasteiger partial charge in [-0.2, -0.15) is 5.26 Å². The van der Waals surface area contributed by atoms with E-state index in [0.29, 0.717) is 27.3 Å². The van der Waals surface area contributed by atoms with E-state index in [9.17, 15) is 14.9 Å². The third-order valence-electron chi connectivity index (χ3n) is 6.06. The molecular formula is C23H30N4O2S2. The van der Waals surface area contributed by atoms with Gasteiger partial charge in [-0.15, -0.1) is 0 Å². The lowest BCUT2D eigenvalue weighted by Crippen LogP contribution is -2.39. The smallest absolute Gasteiger partial charge is 0.270 e. The molecule has 2 fully saturated rings. The van der Waals surface area contributed by atoms with E-state index in [-0.39, 0.29) is 17.0 Å². The van der Waals surface area contributed by atoms with Gasteiger partial charge in [0.15, 0.2) is 0 Å². The molecule has 0 saturated carbocycles. The van der Waals surface area contributed by atoms with Crippen molar-refractivity contribution in [2.45, 2.75) is 52.9 Å². The van der Waals surface area contributed by atoms with Crippen molar-refractivity contribution in [1.82, 2.24) is 9.47 Å². The van der Waals surface area contributed by atoms with Gasteiger partial charge in [0.1, 0.15) is 21.8 Å². The van der Waals surface area contributed by atoms with Crippen molar-refractivity contribution < 1.29 is 4.79 Å². The molecule has 1 aromatic rings. The third-order valence-corrected chi connectivity index (χ3v) is 7.44. The Balaban J connectivity index is 2.09. The Bertz CT molecular complexity index is 1020. The van der Waals surface area contributed by atoms with Crippen molar-refractivity contribution in [3.05, 3.63) is 31.9 Å². The molecule has 3 heterocycles. The molecule has 0 spiro atoms. The first kappa shape index (κ1) is 23.6. The fourth-order valence-electron chi connectivity index (χ4n) is 4.32. The maximum Gasteiger partial charge on any atom is 0.270 e. The number of thiocarbonyl (C=S) groups is 1. The number of rotatable bonds is 6. The van der Waals surface area contributed by atoms with E-state index in [1.54, 1.807) is 23.4 Å². The Hall–Kier alpha value is -2.11. The summed E-state index contributed by atoms with van der Waals surface area (Å²) in [6, 6.07) is 2.06. The highest BCUT2D eigenvalue weighted by Gasteiger charge is 2.33. The first-order valence-electron chi connectivity index (χ1n) is 10.9. The lowest BCUT2D eigenvalue weighted by Gasteiger charge is -2.35. The Morgan fingerprint density at radius 1 is 1.32 bits per heavy atom. The molecule has 3 rings (SSSR count). The van der Waals surface area contributed by atoms with E-state index < -0.39 is 0 Å². The second kappa shape index (κ2) is 10.0. The molecule has 1 atom stereocenters. The number of unbranched alkanes of at least 4 members (excludes halogenated alkanes) is 2. The van der Waals surface area contributed by atoms with Gasteiger partial charge < -0.3 is 4.90 Å². The minimum absolute atomic E-state index is 0.0872. The van der Waals surface area contributed by atoms with E-state index in [2.05, 4.69) is 24.8 Å². The van der Waals surface area contributed by atoms with Gasteiger partial charge >= 0.3 is 0 Å². The molecule has 2 saturated heterocycles. The molecule has 31 heavy (non-hydrogen) atoms. The molecule has 0 aliphatic carbocycles. The molecule has 2 aliphatic heterocycles. The van der Waals surface area contributed by atoms with E-state index in [0.717, 1.165) is 56.6 Å². The van der Waals surface area contributed by atoms with Gasteiger partial charge in [-0.25, -0.2) is 0 Å². The SMILES string of the molecule is CCCCCN1C(=O)C(=Cc2c(C)c(C#N)c(=O)n(C)c2N2CCCC(C)C2)SC1=S. The average molecular weight is 459 g/mol. The number of anilines is 1. The number of hydrogen-bond acceptors (Lipinski definition) is 6. The zero-order valence-electron chi connectivity index (χ0n) is 18.7. The number of carbonyl (C=O) groups is 1. The van der Waals surface area contributed by atoms with Gasteiger partial charge in [0.05, 0.1) is 4.91 Å². The summed E-state index contributed by atoms with van der Waals surface area (Å²) in [6.07, 6.45) is 7.10. The summed E-state index contributed by atoms with van der Waals surface area (Å²) in [5.41, 5.74) is 1.22. The van der Waals surface area contributed by atoms with Gasteiger partial charge in [0, 0.05) is 32.2 Å². The van der Waals surface area contributed by atoms with Crippen LogP contribution in [-0.2, 0) is 11.8 Å². The zero-order valence-corrected chi connectivity index (χ0v) is 20.4. The number of thioether (sulfide) groups is 1. The summed E-state index contributed by atoms with van der Waals surface area (Å²) >= 11 is 6.77. The van der Waals surface area contributed by atoms with Crippen LogP contribution in [0.3, 0.4) is 0 Å². The highest BCUT2D eigenvalue weighted by atomic mass is 32.2. The average Bonchev–Trinajstić information content (AvgIpc) is 3.00. The number of aromatic nitrogens is 1. The summed E-state index contributed by atoms with van der Waals surface area (Å²) < 4.78 is 2.14. The maximum atomic E-state index is 13.1. The van der Waals surface area contributed by atoms with Gasteiger partial charge in [-0.3, -0.25) is 19.1 Å². The molecule has 0 aromatic carbocycles. The largest absolute Gasteiger partial charge is 0.357 e. The van der Waals surface area contributed by atoms with Crippen molar-refractivity contribution in [3.8, 4) is 6.07 Å². The molecule has 1 unspecified atom stereocenters. The van der Waals surface area contributed by atoms with Crippen LogP contribution in [0.4, 0.5) is 5.82 Å². The van der Waals surface area contributed by atoms with E-state index in [1.165, 1.54) is 11.8 Å². The van der Waals surface area contributed by atoms with Crippen LogP contribution in [0.2, 0.25) is 0 Å². The summed E-state index contributed by atoms with van der Waals surface area (Å²) in [7, 11) is 1.71. The molecule has 2 aliphatic rings. The number of amides is 1. The minimum atomic E-state index is -0.294. The van der Waals surface area contributed by atoms with Crippen molar-refractivity contribution in [2.75, 3.05) is 24.5 Å². The number of carbonyl (C=O) groups excluding carboxylic acids is 1. The normalized spacial score (nSPS) is 20.6. The molecule has 8 heteroatoms. The van der Waals surface area contributed by atoms with Crippen LogP contribution in [0, 0.1) is 24.2 Å². The summed E-state index contributed by atoms with van der Waals surface area (Å²) in [4.78, 5) is 30.4. The first-order chi connectivity index (χ1) is 14.8. The Kier molecular flexibility index (Phi) is 7.60. The second-order valence-electron chi connectivity index (χ2n) is 8.45. The van der Waals surface area contributed by atoms with Crippen LogP contribution in [-0.4, -0.2) is 39.3 Å². The standard InChI is InChI=1S/C23H30N4O2S2/c1-5-6-7-11-27-22(29)19(31-23(27)30)12-17-16(3)18(13-24)21(28)25(4)20(17)26-10-8-9-15(2)14-26/h12,15H,5-11,14H2,1-4H3. The first-order valence-corrected chi connectivity index (χ1v) is 12.2. The van der Waals surface area contributed by atoms with Crippen LogP contribution in [0.5, 0.6) is 0 Å². The van der Waals surface area contributed by atoms with Gasteiger partial charge in [0.25, 0.3) is 11.5 Å². The molecule has 0 radical (unpaired) electrons. The van der Waals surface area contributed by atoms with Crippen molar-refractivity contribution >= 4 is 46.1 Å². The monoisotopic (exact) mass is 458 g/mol. The molecule has 166 valence electrons. The Labute approximate surface area is 193 Å². The molecular weight excluding hydrogens is 428 g/mol. The van der Waals surface area contributed by atoms with Crippen LogP contribution < -0.4 is 10.5 Å². The second-order valence-corrected chi connectivity index (χ2v) is 10.1. The number of hydrogen-bond donors (Lipinski definition) is 0. The Morgan fingerprint density at radius 2 is 2.06 bits per heavy atom. The predicted molar refractivity (Wildman–Crippen MR) is 131 cm³/mol. The fourth-order valence-corrected chi connectivity index (χ4v) is 5.61. The molecule has 1 aromatic heterocycles. The Morgan fingerprint density at radius 3 is 2.71 bits per heavy atom. The van der Waals surface area contributed by atoms with E-state index in [4.69, 9.17) is 12.2 Å². The number of nitriles is 1. The topological polar surface area (TPSA) is 69.3 Å². The fraction of sp³-hybridized carbons (Fsp3) is 0.565. The molecule has 0 N–H and O–H groups in total. The van der Waals surface area contributed by atoms with Crippen molar-refractivity contribution in [1.29, 1.82) is 5.26 Å². The third kappa shape index (κ3) is 4.73. The molecule has 0 bridgehead atoms. The highest BCUT2D eigenvalue weighted by Crippen LogP contribution is 2.36. The van der Waals surface area contributed by atoms with Crippen molar-refractivity contribution in [2.24, 2.45) is 13.0 Å². The number of nitrogens with zero attached hydrogens (tertiary/aromatic N) is 4. The van der Waals surface area contributed by atoms with E-state index >= 15 is 0 Å². The molecule has 6 nitrogen and oxygen atoms in total. The lowest BCUT2D eigenvalue weighted by atomic mass is 9.98. The quantitative estimate of drug-likeness (QED) is 0.362. The lowest BCUT2D eigenvalue weighted by molar-refractivity contribution is -0.122. The van der Waals surface area contributed by atoms with Crippen LogP contribution in [0.1, 0.15) is 62.6 Å². The highest BCUT2D eigenvalue weighted by molar-refractivity contribution is 8.26. The summed E-state index contributed by atoms with van der Waals surface area (Å²) in [5, 5.41) is 9.61. The predicted octanol–water partition coefficient (Wildman–Crippen LogP) is 4.19.